The molecule has 5 nitrogen and oxygen atoms in total. The van der Waals surface area contributed by atoms with Gasteiger partial charge in [-0.05, 0) is 45.9 Å². The van der Waals surface area contributed by atoms with Gasteiger partial charge in [0.25, 0.3) is 0 Å². The summed E-state index contributed by atoms with van der Waals surface area (Å²) in [6.07, 6.45) is 0. The molecule has 1 rings (SSSR count). The van der Waals surface area contributed by atoms with Crippen LogP contribution in [0.15, 0.2) is 18.2 Å². The van der Waals surface area contributed by atoms with Crippen molar-refractivity contribution in [1.29, 1.82) is 0 Å². The van der Waals surface area contributed by atoms with E-state index in [2.05, 4.69) is 42.7 Å². The standard InChI is InChI=1S/C17H27N3O2/c1-12(2)19-16(21)9-18-17(22)11-20(5)10-15-7-6-13(3)8-14(15)4/h6-8,12H,9-11H2,1-5H3,(H,18,22)(H,19,21). The number of likely N-dealkylation sites (N-methyl/N-ethyl adjacent to an activating group) is 1. The average Bonchev–Trinajstić information content (AvgIpc) is 2.39. The lowest BCUT2D eigenvalue weighted by Crippen LogP contribution is -2.42. The molecule has 0 aromatic heterocycles. The molecule has 0 fully saturated rings. The summed E-state index contributed by atoms with van der Waals surface area (Å²) in [6, 6.07) is 6.39. The predicted molar refractivity (Wildman–Crippen MR) is 88.5 cm³/mol. The van der Waals surface area contributed by atoms with Crippen LogP contribution in [0.1, 0.15) is 30.5 Å². The van der Waals surface area contributed by atoms with E-state index >= 15 is 0 Å². The molecule has 0 saturated heterocycles. The molecular weight excluding hydrogens is 278 g/mol. The summed E-state index contributed by atoms with van der Waals surface area (Å²) < 4.78 is 0. The molecule has 0 atom stereocenters. The molecule has 2 amide bonds. The normalized spacial score (nSPS) is 10.9. The minimum atomic E-state index is -0.166. The van der Waals surface area contributed by atoms with Crippen molar-refractivity contribution in [2.24, 2.45) is 0 Å². The molecule has 0 bridgehead atoms. The maximum Gasteiger partial charge on any atom is 0.239 e. The first-order valence-corrected chi connectivity index (χ1v) is 7.58. The minimum absolute atomic E-state index is 0.0222. The van der Waals surface area contributed by atoms with Gasteiger partial charge in [0.05, 0.1) is 13.1 Å². The molecule has 0 saturated carbocycles. The molecule has 0 heterocycles. The first-order chi connectivity index (χ1) is 10.3. The lowest BCUT2D eigenvalue weighted by molar-refractivity contribution is -0.126. The Hall–Kier alpha value is -1.88. The van der Waals surface area contributed by atoms with Crippen LogP contribution < -0.4 is 10.6 Å². The highest BCUT2D eigenvalue weighted by Crippen LogP contribution is 2.12. The Kier molecular flexibility index (Phi) is 7.05. The molecule has 2 N–H and O–H groups in total. The number of nitrogens with zero attached hydrogens (tertiary/aromatic N) is 1. The maximum atomic E-state index is 11.8. The molecule has 1 aromatic rings. The van der Waals surface area contributed by atoms with Crippen LogP contribution in [0.3, 0.4) is 0 Å². The van der Waals surface area contributed by atoms with E-state index in [1.54, 1.807) is 0 Å². The van der Waals surface area contributed by atoms with Crippen molar-refractivity contribution in [3.63, 3.8) is 0 Å². The highest BCUT2D eigenvalue weighted by molar-refractivity contribution is 5.85. The first-order valence-electron chi connectivity index (χ1n) is 7.58. The number of hydrogen-bond donors (Lipinski definition) is 2. The van der Waals surface area contributed by atoms with Crippen LogP contribution in [0, 0.1) is 13.8 Å². The van der Waals surface area contributed by atoms with Crippen LogP contribution in [0.4, 0.5) is 0 Å². The van der Waals surface area contributed by atoms with Gasteiger partial charge >= 0.3 is 0 Å². The van der Waals surface area contributed by atoms with E-state index in [1.165, 1.54) is 16.7 Å². The van der Waals surface area contributed by atoms with Crippen LogP contribution in [0.25, 0.3) is 0 Å². The fourth-order valence-corrected chi connectivity index (χ4v) is 2.22. The Morgan fingerprint density at radius 2 is 1.86 bits per heavy atom. The van der Waals surface area contributed by atoms with E-state index in [-0.39, 0.29) is 30.9 Å². The van der Waals surface area contributed by atoms with Gasteiger partial charge in [-0.25, -0.2) is 0 Å². The lowest BCUT2D eigenvalue weighted by atomic mass is 10.1. The number of rotatable bonds is 7. The van der Waals surface area contributed by atoms with Crippen molar-refractivity contribution < 1.29 is 9.59 Å². The average molecular weight is 305 g/mol. The van der Waals surface area contributed by atoms with Gasteiger partial charge in [-0.3, -0.25) is 14.5 Å². The van der Waals surface area contributed by atoms with Crippen molar-refractivity contribution in [3.05, 3.63) is 34.9 Å². The predicted octanol–water partition coefficient (Wildman–Crippen LogP) is 1.38. The van der Waals surface area contributed by atoms with Crippen molar-refractivity contribution in [2.45, 2.75) is 40.3 Å². The molecule has 122 valence electrons. The lowest BCUT2D eigenvalue weighted by Gasteiger charge is -2.18. The summed E-state index contributed by atoms with van der Waals surface area (Å²) in [6.45, 7) is 8.91. The van der Waals surface area contributed by atoms with Crippen LogP contribution in [0.5, 0.6) is 0 Å². The smallest absolute Gasteiger partial charge is 0.239 e. The van der Waals surface area contributed by atoms with Crippen LogP contribution in [0.2, 0.25) is 0 Å². The monoisotopic (exact) mass is 305 g/mol. The Balaban J connectivity index is 2.39. The van der Waals surface area contributed by atoms with E-state index in [0.717, 1.165) is 0 Å². The summed E-state index contributed by atoms with van der Waals surface area (Å²) in [5, 5.41) is 5.37. The highest BCUT2D eigenvalue weighted by atomic mass is 16.2. The SMILES string of the molecule is Cc1ccc(CN(C)CC(=O)NCC(=O)NC(C)C)c(C)c1. The second-order valence-corrected chi connectivity index (χ2v) is 6.10. The number of benzene rings is 1. The van der Waals surface area contributed by atoms with E-state index in [9.17, 15) is 9.59 Å². The second-order valence-electron chi connectivity index (χ2n) is 6.10. The first kappa shape index (κ1) is 18.2. The van der Waals surface area contributed by atoms with Crippen LogP contribution >= 0.6 is 0 Å². The largest absolute Gasteiger partial charge is 0.352 e. The van der Waals surface area contributed by atoms with Crippen molar-refractivity contribution in [2.75, 3.05) is 20.1 Å². The Bertz CT molecular complexity index is 527. The molecule has 0 spiro atoms. The minimum Gasteiger partial charge on any atom is -0.352 e. The van der Waals surface area contributed by atoms with E-state index in [4.69, 9.17) is 0 Å². The summed E-state index contributed by atoms with van der Waals surface area (Å²) in [7, 11) is 1.90. The molecule has 0 radical (unpaired) electrons. The molecule has 0 unspecified atom stereocenters. The fraction of sp³-hybridized carbons (Fsp3) is 0.529. The summed E-state index contributed by atoms with van der Waals surface area (Å²) >= 11 is 0. The molecule has 1 aromatic carbocycles. The third-order valence-corrected chi connectivity index (χ3v) is 3.25. The zero-order valence-corrected chi connectivity index (χ0v) is 14.2. The number of nitrogens with one attached hydrogen (secondary N) is 2. The Morgan fingerprint density at radius 1 is 1.18 bits per heavy atom. The quantitative estimate of drug-likeness (QED) is 0.800. The second kappa shape index (κ2) is 8.54. The highest BCUT2D eigenvalue weighted by Gasteiger charge is 2.10. The van der Waals surface area contributed by atoms with Gasteiger partial charge in [-0.15, -0.1) is 0 Å². The van der Waals surface area contributed by atoms with E-state index in [1.807, 2.05) is 25.8 Å². The van der Waals surface area contributed by atoms with Crippen molar-refractivity contribution >= 4 is 11.8 Å². The molecule has 22 heavy (non-hydrogen) atoms. The van der Waals surface area contributed by atoms with Crippen molar-refractivity contribution in [3.8, 4) is 0 Å². The number of carbonyl (C=O) groups excluding carboxylic acids is 2. The molecule has 0 aliphatic carbocycles. The zero-order chi connectivity index (χ0) is 16.7. The van der Waals surface area contributed by atoms with Gasteiger partial charge in [0, 0.05) is 12.6 Å². The summed E-state index contributed by atoms with van der Waals surface area (Å²) in [5.41, 5.74) is 3.67. The van der Waals surface area contributed by atoms with Gasteiger partial charge < -0.3 is 10.6 Å². The summed E-state index contributed by atoms with van der Waals surface area (Å²) in [4.78, 5) is 25.2. The number of aryl methyl sites for hydroxylation is 2. The number of carbonyl (C=O) groups is 2. The van der Waals surface area contributed by atoms with Gasteiger partial charge in [0.1, 0.15) is 0 Å². The Labute approximate surface area is 133 Å². The van der Waals surface area contributed by atoms with E-state index in [0.29, 0.717) is 6.54 Å². The number of amides is 2. The number of hydrogen-bond acceptors (Lipinski definition) is 3. The molecule has 5 heteroatoms. The fourth-order valence-electron chi connectivity index (χ4n) is 2.22. The van der Waals surface area contributed by atoms with Crippen LogP contribution in [-0.2, 0) is 16.1 Å². The van der Waals surface area contributed by atoms with Gasteiger partial charge in [-0.2, -0.15) is 0 Å². The molecule has 0 aliphatic rings. The van der Waals surface area contributed by atoms with Crippen LogP contribution in [-0.4, -0.2) is 42.9 Å². The molecular formula is C17H27N3O2. The third-order valence-electron chi connectivity index (χ3n) is 3.25. The van der Waals surface area contributed by atoms with Crippen molar-refractivity contribution in [1.82, 2.24) is 15.5 Å². The van der Waals surface area contributed by atoms with Gasteiger partial charge in [-0.1, -0.05) is 23.8 Å². The molecule has 0 aliphatic heterocycles. The topological polar surface area (TPSA) is 61.4 Å². The third kappa shape index (κ3) is 6.72. The summed E-state index contributed by atoms with van der Waals surface area (Å²) in [5.74, 6) is -0.313. The van der Waals surface area contributed by atoms with Gasteiger partial charge in [0.2, 0.25) is 11.8 Å². The maximum absolute atomic E-state index is 11.8. The van der Waals surface area contributed by atoms with E-state index < -0.39 is 0 Å². The Morgan fingerprint density at radius 3 is 2.45 bits per heavy atom. The van der Waals surface area contributed by atoms with Gasteiger partial charge in [0.15, 0.2) is 0 Å². The zero-order valence-electron chi connectivity index (χ0n) is 14.2.